The summed E-state index contributed by atoms with van der Waals surface area (Å²) in [6.45, 7) is 2.27. The number of hydrogen-bond donors (Lipinski definition) is 1. The highest BCUT2D eigenvalue weighted by atomic mass is 35.5. The first kappa shape index (κ1) is 13.8. The molecule has 1 N–H and O–H groups in total. The number of rotatable bonds is 3. The summed E-state index contributed by atoms with van der Waals surface area (Å²) in [5, 5.41) is 9.30. The van der Waals surface area contributed by atoms with Crippen LogP contribution in [-0.2, 0) is 16.6 Å². The summed E-state index contributed by atoms with van der Waals surface area (Å²) >= 11 is 5.94. The third kappa shape index (κ3) is 2.40. The Kier molecular flexibility index (Phi) is 3.96. The minimum absolute atomic E-state index is 0.0336. The fourth-order valence-electron chi connectivity index (χ4n) is 2.22. The number of halogens is 1. The normalized spacial score (nSPS) is 21.4. The predicted molar refractivity (Wildman–Crippen MR) is 70.0 cm³/mol. The second-order valence-electron chi connectivity index (χ2n) is 4.52. The molecular formula is C12H16ClNO3S. The van der Waals surface area contributed by atoms with Crippen molar-refractivity contribution in [2.75, 3.05) is 6.54 Å². The molecule has 2 rings (SSSR count). The van der Waals surface area contributed by atoms with E-state index in [1.54, 1.807) is 6.07 Å². The topological polar surface area (TPSA) is 57.6 Å². The number of nitrogens with zero attached hydrogens (tertiary/aromatic N) is 1. The summed E-state index contributed by atoms with van der Waals surface area (Å²) in [7, 11) is -3.47. The Balaban J connectivity index is 2.38. The largest absolute Gasteiger partial charge is 0.392 e. The highest BCUT2D eigenvalue weighted by Gasteiger charge is 2.32. The van der Waals surface area contributed by atoms with Gasteiger partial charge in [0.25, 0.3) is 0 Å². The van der Waals surface area contributed by atoms with Crippen LogP contribution >= 0.6 is 11.6 Å². The number of aliphatic hydroxyl groups is 1. The fourth-order valence-corrected chi connectivity index (χ4v) is 4.25. The van der Waals surface area contributed by atoms with E-state index in [0.29, 0.717) is 12.1 Å². The number of benzene rings is 1. The van der Waals surface area contributed by atoms with E-state index in [9.17, 15) is 8.42 Å². The molecule has 1 heterocycles. The molecule has 1 unspecified atom stereocenters. The van der Waals surface area contributed by atoms with E-state index in [0.717, 1.165) is 12.8 Å². The van der Waals surface area contributed by atoms with E-state index in [-0.39, 0.29) is 22.6 Å². The van der Waals surface area contributed by atoms with E-state index in [4.69, 9.17) is 16.7 Å². The highest BCUT2D eigenvalue weighted by molar-refractivity contribution is 7.89. The van der Waals surface area contributed by atoms with Gasteiger partial charge < -0.3 is 5.11 Å². The smallest absolute Gasteiger partial charge is 0.243 e. The minimum Gasteiger partial charge on any atom is -0.392 e. The second-order valence-corrected chi connectivity index (χ2v) is 6.82. The SMILES string of the molecule is CC1CCCN1S(=O)(=O)c1ccc(CO)c(Cl)c1. The van der Waals surface area contributed by atoms with Gasteiger partial charge >= 0.3 is 0 Å². The van der Waals surface area contributed by atoms with Gasteiger partial charge in [0.15, 0.2) is 0 Å². The van der Waals surface area contributed by atoms with Crippen molar-refractivity contribution in [2.24, 2.45) is 0 Å². The lowest BCUT2D eigenvalue weighted by Gasteiger charge is -2.21. The molecule has 1 saturated heterocycles. The third-order valence-electron chi connectivity index (χ3n) is 3.29. The van der Waals surface area contributed by atoms with E-state index < -0.39 is 10.0 Å². The molecule has 1 aliphatic heterocycles. The standard InChI is InChI=1S/C12H16ClNO3S/c1-9-3-2-6-14(9)18(16,17)11-5-4-10(8-15)12(13)7-11/h4-5,7,9,15H,2-3,6,8H2,1H3. The summed E-state index contributed by atoms with van der Waals surface area (Å²) < 4.78 is 26.3. The number of sulfonamides is 1. The molecule has 0 spiro atoms. The minimum atomic E-state index is -3.47. The lowest BCUT2D eigenvalue weighted by atomic mass is 10.2. The monoisotopic (exact) mass is 289 g/mol. The van der Waals surface area contributed by atoms with Gasteiger partial charge in [-0.05, 0) is 37.5 Å². The molecule has 0 aromatic heterocycles. The molecule has 0 aliphatic carbocycles. The zero-order valence-electron chi connectivity index (χ0n) is 10.1. The summed E-state index contributed by atoms with van der Waals surface area (Å²) in [5.74, 6) is 0. The predicted octanol–water partition coefficient (Wildman–Crippen LogP) is 2.01. The summed E-state index contributed by atoms with van der Waals surface area (Å²) in [6, 6.07) is 4.49. The van der Waals surface area contributed by atoms with E-state index in [1.807, 2.05) is 6.92 Å². The Bertz CT molecular complexity index is 544. The molecule has 1 aromatic carbocycles. The van der Waals surface area contributed by atoms with Crippen LogP contribution in [0.4, 0.5) is 0 Å². The Hall–Kier alpha value is -0.620. The summed E-state index contributed by atoms with van der Waals surface area (Å²) in [6.07, 6.45) is 1.78. The van der Waals surface area contributed by atoms with Crippen molar-refractivity contribution in [3.63, 3.8) is 0 Å². The van der Waals surface area contributed by atoms with Gasteiger partial charge in [-0.2, -0.15) is 4.31 Å². The van der Waals surface area contributed by atoms with E-state index in [2.05, 4.69) is 0 Å². The van der Waals surface area contributed by atoms with Gasteiger partial charge in [0, 0.05) is 17.6 Å². The molecule has 0 saturated carbocycles. The van der Waals surface area contributed by atoms with Crippen LogP contribution < -0.4 is 0 Å². The summed E-state index contributed by atoms with van der Waals surface area (Å²) in [5.41, 5.74) is 0.532. The molecule has 4 nitrogen and oxygen atoms in total. The van der Waals surface area contributed by atoms with Crippen LogP contribution in [0.3, 0.4) is 0 Å². The maximum Gasteiger partial charge on any atom is 0.243 e. The van der Waals surface area contributed by atoms with Crippen molar-refractivity contribution in [2.45, 2.75) is 37.3 Å². The zero-order chi connectivity index (χ0) is 13.3. The molecule has 0 amide bonds. The molecule has 1 aromatic rings. The van der Waals surface area contributed by atoms with E-state index >= 15 is 0 Å². The fraction of sp³-hybridized carbons (Fsp3) is 0.500. The van der Waals surface area contributed by atoms with Gasteiger partial charge in [-0.1, -0.05) is 17.7 Å². The van der Waals surface area contributed by atoms with Crippen LogP contribution in [0.5, 0.6) is 0 Å². The quantitative estimate of drug-likeness (QED) is 0.926. The van der Waals surface area contributed by atoms with Gasteiger partial charge in [-0.3, -0.25) is 0 Å². The lowest BCUT2D eigenvalue weighted by Crippen LogP contribution is -2.33. The first-order valence-electron chi connectivity index (χ1n) is 5.88. The summed E-state index contributed by atoms with van der Waals surface area (Å²) in [4.78, 5) is 0.193. The van der Waals surface area contributed by atoms with Crippen LogP contribution in [0.2, 0.25) is 5.02 Å². The third-order valence-corrected chi connectivity index (χ3v) is 5.65. The van der Waals surface area contributed by atoms with Gasteiger partial charge in [0.05, 0.1) is 11.5 Å². The first-order chi connectivity index (χ1) is 8.46. The molecule has 100 valence electrons. The Morgan fingerprint density at radius 1 is 1.50 bits per heavy atom. The number of hydrogen-bond acceptors (Lipinski definition) is 3. The van der Waals surface area contributed by atoms with Crippen molar-refractivity contribution in [1.29, 1.82) is 0 Å². The van der Waals surface area contributed by atoms with Crippen molar-refractivity contribution in [3.8, 4) is 0 Å². The molecular weight excluding hydrogens is 274 g/mol. The molecule has 18 heavy (non-hydrogen) atoms. The molecule has 1 aliphatic rings. The Labute approximate surface area is 112 Å². The van der Waals surface area contributed by atoms with Crippen LogP contribution in [-0.4, -0.2) is 30.4 Å². The van der Waals surface area contributed by atoms with Crippen molar-refractivity contribution >= 4 is 21.6 Å². The molecule has 6 heteroatoms. The van der Waals surface area contributed by atoms with Crippen LogP contribution in [0.1, 0.15) is 25.3 Å². The van der Waals surface area contributed by atoms with Crippen LogP contribution in [0, 0.1) is 0 Å². The molecule has 1 fully saturated rings. The molecule has 1 atom stereocenters. The maximum atomic E-state index is 12.4. The zero-order valence-corrected chi connectivity index (χ0v) is 11.7. The van der Waals surface area contributed by atoms with Crippen molar-refractivity contribution in [1.82, 2.24) is 4.31 Å². The van der Waals surface area contributed by atoms with Crippen molar-refractivity contribution in [3.05, 3.63) is 28.8 Å². The first-order valence-corrected chi connectivity index (χ1v) is 7.69. The maximum absolute atomic E-state index is 12.4. The lowest BCUT2D eigenvalue weighted by molar-refractivity contribution is 0.282. The molecule has 0 bridgehead atoms. The highest BCUT2D eigenvalue weighted by Crippen LogP contribution is 2.28. The van der Waals surface area contributed by atoms with Gasteiger partial charge in [-0.25, -0.2) is 8.42 Å². The van der Waals surface area contributed by atoms with Crippen molar-refractivity contribution < 1.29 is 13.5 Å². The molecule has 0 radical (unpaired) electrons. The second kappa shape index (κ2) is 5.17. The Morgan fingerprint density at radius 3 is 2.72 bits per heavy atom. The Morgan fingerprint density at radius 2 is 2.22 bits per heavy atom. The van der Waals surface area contributed by atoms with E-state index in [1.165, 1.54) is 16.4 Å². The van der Waals surface area contributed by atoms with Gasteiger partial charge in [-0.15, -0.1) is 0 Å². The van der Waals surface area contributed by atoms with Gasteiger partial charge in [0.1, 0.15) is 0 Å². The average Bonchev–Trinajstić information content (AvgIpc) is 2.76. The average molecular weight is 290 g/mol. The number of aliphatic hydroxyl groups excluding tert-OH is 1. The van der Waals surface area contributed by atoms with Crippen LogP contribution in [0.15, 0.2) is 23.1 Å². The van der Waals surface area contributed by atoms with Crippen LogP contribution in [0.25, 0.3) is 0 Å². The van der Waals surface area contributed by atoms with Gasteiger partial charge in [0.2, 0.25) is 10.0 Å².